The maximum atomic E-state index is 12.4. The van der Waals surface area contributed by atoms with E-state index in [-0.39, 0.29) is 5.91 Å². The summed E-state index contributed by atoms with van der Waals surface area (Å²) in [6.45, 7) is 6.80. The first-order valence-electron chi connectivity index (χ1n) is 9.02. The molecule has 0 aliphatic rings. The first-order chi connectivity index (χ1) is 13.0. The topological polar surface area (TPSA) is 77.2 Å². The van der Waals surface area contributed by atoms with Gasteiger partial charge in [-0.25, -0.2) is 0 Å². The standard InChI is InChI=1S/C21H23N3O3/c1-4-19-23-21(27-24-19)16-5-9-17(10-6-16)22-20(25)15-7-11-18(12-8-15)26-13-14(2)3/h5-12,14H,4,13H2,1-3H3,(H,22,25). The molecule has 27 heavy (non-hydrogen) atoms. The van der Waals surface area contributed by atoms with Gasteiger partial charge in [0, 0.05) is 23.2 Å². The van der Waals surface area contributed by atoms with Crippen molar-refractivity contribution in [2.45, 2.75) is 27.2 Å². The van der Waals surface area contributed by atoms with Crippen molar-refractivity contribution in [3.05, 3.63) is 59.9 Å². The molecule has 3 rings (SSSR count). The molecular weight excluding hydrogens is 342 g/mol. The van der Waals surface area contributed by atoms with Crippen molar-refractivity contribution in [1.82, 2.24) is 10.1 Å². The van der Waals surface area contributed by atoms with Crippen molar-refractivity contribution < 1.29 is 14.1 Å². The fourth-order valence-corrected chi connectivity index (χ4v) is 2.38. The molecule has 0 fully saturated rings. The smallest absolute Gasteiger partial charge is 0.257 e. The third-order valence-electron chi connectivity index (χ3n) is 3.87. The highest BCUT2D eigenvalue weighted by Crippen LogP contribution is 2.21. The lowest BCUT2D eigenvalue weighted by Crippen LogP contribution is -2.11. The van der Waals surface area contributed by atoms with Crippen LogP contribution in [0, 0.1) is 5.92 Å². The summed E-state index contributed by atoms with van der Waals surface area (Å²) in [4.78, 5) is 16.7. The highest BCUT2D eigenvalue weighted by atomic mass is 16.5. The van der Waals surface area contributed by atoms with Crippen LogP contribution >= 0.6 is 0 Å². The Balaban J connectivity index is 1.62. The Hall–Kier alpha value is -3.15. The van der Waals surface area contributed by atoms with E-state index in [4.69, 9.17) is 9.26 Å². The number of carbonyl (C=O) groups is 1. The van der Waals surface area contributed by atoms with E-state index in [0.29, 0.717) is 35.5 Å². The number of nitrogens with one attached hydrogen (secondary N) is 1. The largest absolute Gasteiger partial charge is 0.493 e. The summed E-state index contributed by atoms with van der Waals surface area (Å²) in [5.74, 6) is 2.18. The van der Waals surface area contributed by atoms with Crippen molar-refractivity contribution in [3.8, 4) is 17.2 Å². The van der Waals surface area contributed by atoms with E-state index in [2.05, 4.69) is 29.3 Å². The average molecular weight is 365 g/mol. The van der Waals surface area contributed by atoms with Crippen LogP contribution < -0.4 is 10.1 Å². The number of amides is 1. The number of rotatable bonds is 7. The third kappa shape index (κ3) is 4.94. The van der Waals surface area contributed by atoms with Crippen LogP contribution in [0.4, 0.5) is 5.69 Å². The molecule has 0 saturated heterocycles. The Morgan fingerprint density at radius 2 is 1.81 bits per heavy atom. The van der Waals surface area contributed by atoms with Gasteiger partial charge in [-0.3, -0.25) is 4.79 Å². The molecule has 0 spiro atoms. The van der Waals surface area contributed by atoms with E-state index in [9.17, 15) is 4.79 Å². The van der Waals surface area contributed by atoms with E-state index in [0.717, 1.165) is 17.7 Å². The molecule has 1 heterocycles. The molecule has 0 unspecified atom stereocenters. The molecule has 0 aliphatic carbocycles. The van der Waals surface area contributed by atoms with Crippen molar-refractivity contribution in [2.75, 3.05) is 11.9 Å². The summed E-state index contributed by atoms with van der Waals surface area (Å²) in [7, 11) is 0. The molecule has 1 aromatic heterocycles. The molecule has 2 aromatic carbocycles. The summed E-state index contributed by atoms with van der Waals surface area (Å²) in [6.07, 6.45) is 0.721. The zero-order valence-corrected chi connectivity index (χ0v) is 15.7. The fraction of sp³-hybridized carbons (Fsp3) is 0.286. The third-order valence-corrected chi connectivity index (χ3v) is 3.87. The first kappa shape index (κ1) is 18.6. The Bertz CT molecular complexity index is 884. The van der Waals surface area contributed by atoms with Gasteiger partial charge in [-0.15, -0.1) is 0 Å². The van der Waals surface area contributed by atoms with Crippen molar-refractivity contribution >= 4 is 11.6 Å². The number of aryl methyl sites for hydroxylation is 1. The summed E-state index contributed by atoms with van der Waals surface area (Å²) in [5, 5.41) is 6.76. The van der Waals surface area contributed by atoms with Crippen molar-refractivity contribution in [1.29, 1.82) is 0 Å². The van der Waals surface area contributed by atoms with Crippen LogP contribution in [0.25, 0.3) is 11.5 Å². The zero-order valence-electron chi connectivity index (χ0n) is 15.7. The number of aromatic nitrogens is 2. The second-order valence-corrected chi connectivity index (χ2v) is 6.63. The van der Waals surface area contributed by atoms with Crippen LogP contribution in [0.15, 0.2) is 53.1 Å². The van der Waals surface area contributed by atoms with Crippen LogP contribution in [0.5, 0.6) is 5.75 Å². The highest BCUT2D eigenvalue weighted by molar-refractivity contribution is 6.04. The zero-order chi connectivity index (χ0) is 19.2. The summed E-state index contributed by atoms with van der Waals surface area (Å²) in [6, 6.07) is 14.4. The number of benzene rings is 2. The summed E-state index contributed by atoms with van der Waals surface area (Å²) >= 11 is 0. The van der Waals surface area contributed by atoms with Crippen LogP contribution in [-0.4, -0.2) is 22.7 Å². The van der Waals surface area contributed by atoms with Gasteiger partial charge in [-0.05, 0) is 54.4 Å². The molecule has 1 N–H and O–H groups in total. The van der Waals surface area contributed by atoms with E-state index in [1.54, 1.807) is 24.3 Å². The quantitative estimate of drug-likeness (QED) is 0.663. The predicted octanol–water partition coefficient (Wildman–Crippen LogP) is 4.59. The van der Waals surface area contributed by atoms with Gasteiger partial charge in [-0.2, -0.15) is 4.98 Å². The minimum atomic E-state index is -0.177. The second-order valence-electron chi connectivity index (χ2n) is 6.63. The summed E-state index contributed by atoms with van der Waals surface area (Å²) < 4.78 is 10.9. The second kappa shape index (κ2) is 8.49. The van der Waals surface area contributed by atoms with Gasteiger partial charge in [0.05, 0.1) is 6.61 Å². The molecule has 6 nitrogen and oxygen atoms in total. The average Bonchev–Trinajstić information content (AvgIpc) is 3.16. The normalized spacial score (nSPS) is 10.8. The Labute approximate surface area is 158 Å². The molecule has 3 aromatic rings. The first-order valence-corrected chi connectivity index (χ1v) is 9.02. The molecule has 6 heteroatoms. The van der Waals surface area contributed by atoms with Crippen LogP contribution in [0.1, 0.15) is 37.0 Å². The van der Waals surface area contributed by atoms with Gasteiger partial charge in [0.25, 0.3) is 11.8 Å². The van der Waals surface area contributed by atoms with Gasteiger partial charge >= 0.3 is 0 Å². The Morgan fingerprint density at radius 3 is 2.41 bits per heavy atom. The van der Waals surface area contributed by atoms with Crippen LogP contribution in [0.3, 0.4) is 0 Å². The molecule has 140 valence electrons. The molecule has 0 radical (unpaired) electrons. The molecule has 0 atom stereocenters. The lowest BCUT2D eigenvalue weighted by atomic mass is 10.1. The number of anilines is 1. The number of nitrogens with zero attached hydrogens (tertiary/aromatic N) is 2. The van der Waals surface area contributed by atoms with Crippen molar-refractivity contribution in [3.63, 3.8) is 0 Å². The van der Waals surface area contributed by atoms with Crippen LogP contribution in [0.2, 0.25) is 0 Å². The minimum Gasteiger partial charge on any atom is -0.493 e. The molecular formula is C21H23N3O3. The summed E-state index contributed by atoms with van der Waals surface area (Å²) in [5.41, 5.74) is 2.08. The number of ether oxygens (including phenoxy) is 1. The van der Waals surface area contributed by atoms with Crippen LogP contribution in [-0.2, 0) is 6.42 Å². The molecule has 0 saturated carbocycles. The predicted molar refractivity (Wildman–Crippen MR) is 104 cm³/mol. The minimum absolute atomic E-state index is 0.177. The monoisotopic (exact) mass is 365 g/mol. The van der Waals surface area contributed by atoms with Gasteiger partial charge in [0.2, 0.25) is 0 Å². The highest BCUT2D eigenvalue weighted by Gasteiger charge is 2.10. The van der Waals surface area contributed by atoms with E-state index in [1.165, 1.54) is 0 Å². The Kier molecular flexibility index (Phi) is 5.86. The number of hydrogen-bond donors (Lipinski definition) is 1. The molecule has 0 aliphatic heterocycles. The molecule has 1 amide bonds. The van der Waals surface area contributed by atoms with E-state index < -0.39 is 0 Å². The lowest BCUT2D eigenvalue weighted by molar-refractivity contribution is 0.102. The number of hydrogen-bond acceptors (Lipinski definition) is 5. The molecule has 0 bridgehead atoms. The van der Waals surface area contributed by atoms with E-state index >= 15 is 0 Å². The maximum absolute atomic E-state index is 12.4. The Morgan fingerprint density at radius 1 is 1.11 bits per heavy atom. The number of carbonyl (C=O) groups excluding carboxylic acids is 1. The van der Waals surface area contributed by atoms with E-state index in [1.807, 2.05) is 31.2 Å². The van der Waals surface area contributed by atoms with Gasteiger partial charge in [0.1, 0.15) is 5.75 Å². The van der Waals surface area contributed by atoms with Gasteiger partial charge < -0.3 is 14.6 Å². The van der Waals surface area contributed by atoms with Gasteiger partial charge in [-0.1, -0.05) is 25.9 Å². The fourth-order valence-electron chi connectivity index (χ4n) is 2.38. The lowest BCUT2D eigenvalue weighted by Gasteiger charge is -2.09. The van der Waals surface area contributed by atoms with Crippen molar-refractivity contribution in [2.24, 2.45) is 5.92 Å². The maximum Gasteiger partial charge on any atom is 0.257 e. The SMILES string of the molecule is CCc1noc(-c2ccc(NC(=O)c3ccc(OCC(C)C)cc3)cc2)n1. The van der Waals surface area contributed by atoms with Gasteiger partial charge in [0.15, 0.2) is 5.82 Å².